The Kier molecular flexibility index (Phi) is 5.28. The standard InChI is InChI=1S/C19H24N4O2/c1-13-10-14(21-8-9-25-2)12-23(11-13)17-6-5-16(19(20)24)18-15(17)4-3-7-22-18/h3-7,13H,8-12H2,1-2H3,(H2,20,24)/t13-/m0/s1. The van der Waals surface area contributed by atoms with Gasteiger partial charge in [-0.05, 0) is 36.6 Å². The topological polar surface area (TPSA) is 80.8 Å². The quantitative estimate of drug-likeness (QED) is 0.847. The van der Waals surface area contributed by atoms with Crippen molar-refractivity contribution >= 4 is 28.2 Å². The van der Waals surface area contributed by atoms with Crippen LogP contribution in [0.2, 0.25) is 0 Å². The van der Waals surface area contributed by atoms with Gasteiger partial charge in [-0.3, -0.25) is 14.8 Å². The van der Waals surface area contributed by atoms with Crippen molar-refractivity contribution < 1.29 is 9.53 Å². The average molecular weight is 340 g/mol. The van der Waals surface area contributed by atoms with E-state index in [1.54, 1.807) is 19.4 Å². The third-order valence-electron chi connectivity index (χ3n) is 4.47. The zero-order chi connectivity index (χ0) is 17.8. The number of carbonyl (C=O) groups is 1. The molecule has 3 rings (SSSR count). The highest BCUT2D eigenvalue weighted by Gasteiger charge is 2.23. The minimum Gasteiger partial charge on any atom is -0.383 e. The molecule has 0 unspecified atom stereocenters. The first-order valence-corrected chi connectivity index (χ1v) is 8.53. The molecule has 0 bridgehead atoms. The summed E-state index contributed by atoms with van der Waals surface area (Å²) in [7, 11) is 1.69. The molecule has 25 heavy (non-hydrogen) atoms. The van der Waals surface area contributed by atoms with Gasteiger partial charge in [0.25, 0.3) is 5.91 Å². The Morgan fingerprint density at radius 2 is 2.28 bits per heavy atom. The Balaban J connectivity index is 1.97. The molecule has 2 aromatic rings. The van der Waals surface area contributed by atoms with Crippen LogP contribution in [0, 0.1) is 5.92 Å². The van der Waals surface area contributed by atoms with Crippen molar-refractivity contribution in [3.05, 3.63) is 36.0 Å². The lowest BCUT2D eigenvalue weighted by Crippen LogP contribution is -2.40. The number of nitrogens with two attached hydrogens (primary N) is 1. The lowest BCUT2D eigenvalue weighted by Gasteiger charge is -2.34. The number of methoxy groups -OCH3 is 1. The van der Waals surface area contributed by atoms with Gasteiger partial charge in [-0.1, -0.05) is 6.92 Å². The highest BCUT2D eigenvalue weighted by Crippen LogP contribution is 2.30. The molecule has 0 spiro atoms. The molecule has 1 fully saturated rings. The number of primary amides is 1. The van der Waals surface area contributed by atoms with Gasteiger partial charge in [-0.2, -0.15) is 0 Å². The van der Waals surface area contributed by atoms with E-state index in [1.807, 2.05) is 18.2 Å². The smallest absolute Gasteiger partial charge is 0.250 e. The molecule has 132 valence electrons. The number of rotatable bonds is 5. The SMILES string of the molecule is COCCN=C1C[C@H](C)CN(c2ccc(C(N)=O)c3ncccc23)C1. The molecule has 2 heterocycles. The zero-order valence-electron chi connectivity index (χ0n) is 14.7. The fraction of sp³-hybridized carbons (Fsp3) is 0.421. The van der Waals surface area contributed by atoms with E-state index in [4.69, 9.17) is 10.5 Å². The Morgan fingerprint density at radius 1 is 1.44 bits per heavy atom. The third-order valence-corrected chi connectivity index (χ3v) is 4.47. The van der Waals surface area contributed by atoms with Gasteiger partial charge in [0.2, 0.25) is 0 Å². The first-order valence-electron chi connectivity index (χ1n) is 8.53. The fourth-order valence-electron chi connectivity index (χ4n) is 3.42. The number of hydrogen-bond acceptors (Lipinski definition) is 5. The molecule has 1 aromatic carbocycles. The molecule has 6 nitrogen and oxygen atoms in total. The van der Waals surface area contributed by atoms with Gasteiger partial charge in [0.1, 0.15) is 0 Å². The van der Waals surface area contributed by atoms with Crippen LogP contribution in [0.4, 0.5) is 5.69 Å². The van der Waals surface area contributed by atoms with Crippen LogP contribution in [0.25, 0.3) is 10.9 Å². The van der Waals surface area contributed by atoms with Crippen LogP contribution in [-0.4, -0.2) is 50.0 Å². The number of aromatic nitrogens is 1. The Labute approximate surface area is 147 Å². The van der Waals surface area contributed by atoms with Crippen LogP contribution in [0.3, 0.4) is 0 Å². The second-order valence-corrected chi connectivity index (χ2v) is 6.53. The molecule has 1 amide bonds. The van der Waals surface area contributed by atoms with Gasteiger partial charge >= 0.3 is 0 Å². The molecule has 0 aliphatic carbocycles. The number of anilines is 1. The number of pyridine rings is 1. The number of hydrogen-bond donors (Lipinski definition) is 1. The Bertz CT molecular complexity index is 803. The van der Waals surface area contributed by atoms with E-state index in [9.17, 15) is 4.79 Å². The fourth-order valence-corrected chi connectivity index (χ4v) is 3.42. The van der Waals surface area contributed by atoms with E-state index < -0.39 is 5.91 Å². The molecule has 1 aromatic heterocycles. The van der Waals surface area contributed by atoms with E-state index in [1.165, 1.54) is 5.71 Å². The van der Waals surface area contributed by atoms with Crippen LogP contribution in [0.15, 0.2) is 35.5 Å². The molecule has 2 N–H and O–H groups in total. The predicted molar refractivity (Wildman–Crippen MR) is 100 cm³/mol. The summed E-state index contributed by atoms with van der Waals surface area (Å²) in [6.07, 6.45) is 2.70. The Hall–Kier alpha value is -2.47. The van der Waals surface area contributed by atoms with Crippen molar-refractivity contribution in [3.8, 4) is 0 Å². The minimum atomic E-state index is -0.455. The van der Waals surface area contributed by atoms with Crippen LogP contribution < -0.4 is 10.6 Å². The van der Waals surface area contributed by atoms with Crippen molar-refractivity contribution in [3.63, 3.8) is 0 Å². The summed E-state index contributed by atoms with van der Waals surface area (Å²) in [5.74, 6) is 0.0571. The second-order valence-electron chi connectivity index (χ2n) is 6.53. The molecule has 1 aliphatic heterocycles. The summed E-state index contributed by atoms with van der Waals surface area (Å²) >= 11 is 0. The van der Waals surface area contributed by atoms with E-state index in [-0.39, 0.29) is 0 Å². The van der Waals surface area contributed by atoms with Crippen LogP contribution in [-0.2, 0) is 4.74 Å². The summed E-state index contributed by atoms with van der Waals surface area (Å²) in [6.45, 7) is 5.29. The van der Waals surface area contributed by atoms with Gasteiger partial charge in [0.15, 0.2) is 0 Å². The third kappa shape index (κ3) is 3.79. The summed E-state index contributed by atoms with van der Waals surface area (Å²) in [4.78, 5) is 23.1. The monoisotopic (exact) mass is 340 g/mol. The highest BCUT2D eigenvalue weighted by molar-refractivity contribution is 6.08. The number of piperidine rings is 1. The van der Waals surface area contributed by atoms with E-state index in [2.05, 4.69) is 21.8 Å². The van der Waals surface area contributed by atoms with Gasteiger partial charge in [0, 0.05) is 36.6 Å². The average Bonchev–Trinajstić information content (AvgIpc) is 2.60. The second kappa shape index (κ2) is 7.61. The maximum absolute atomic E-state index is 11.7. The molecule has 0 radical (unpaired) electrons. The van der Waals surface area contributed by atoms with Crippen molar-refractivity contribution in [1.82, 2.24) is 4.98 Å². The van der Waals surface area contributed by atoms with Crippen molar-refractivity contribution in [1.29, 1.82) is 0 Å². The number of ether oxygens (including phenoxy) is 1. The van der Waals surface area contributed by atoms with E-state index in [0.717, 1.165) is 30.6 Å². The molecule has 0 saturated carbocycles. The Morgan fingerprint density at radius 3 is 3.04 bits per heavy atom. The molecule has 1 atom stereocenters. The number of fused-ring (bicyclic) bond motifs is 1. The lowest BCUT2D eigenvalue weighted by molar-refractivity contribution is 0.100. The number of nitrogens with zero attached hydrogens (tertiary/aromatic N) is 3. The van der Waals surface area contributed by atoms with Gasteiger partial charge < -0.3 is 15.4 Å². The molecule has 1 aliphatic rings. The normalized spacial score (nSPS) is 19.5. The summed E-state index contributed by atoms with van der Waals surface area (Å²) in [6, 6.07) is 7.62. The number of amides is 1. The zero-order valence-corrected chi connectivity index (χ0v) is 14.7. The summed E-state index contributed by atoms with van der Waals surface area (Å²) < 4.78 is 5.09. The van der Waals surface area contributed by atoms with Gasteiger partial charge in [-0.15, -0.1) is 0 Å². The van der Waals surface area contributed by atoms with Crippen molar-refractivity contribution in [2.24, 2.45) is 16.6 Å². The lowest BCUT2D eigenvalue weighted by atomic mass is 9.96. The maximum Gasteiger partial charge on any atom is 0.250 e. The predicted octanol–water partition coefficient (Wildman–Crippen LogP) is 2.27. The number of carbonyl (C=O) groups excluding carboxylic acids is 1. The van der Waals surface area contributed by atoms with Crippen molar-refractivity contribution in [2.75, 3.05) is 38.3 Å². The first kappa shape index (κ1) is 17.4. The molecule has 1 saturated heterocycles. The van der Waals surface area contributed by atoms with E-state index in [0.29, 0.717) is 30.1 Å². The molecular weight excluding hydrogens is 316 g/mol. The van der Waals surface area contributed by atoms with Crippen molar-refractivity contribution in [2.45, 2.75) is 13.3 Å². The summed E-state index contributed by atoms with van der Waals surface area (Å²) in [5.41, 5.74) is 8.87. The number of benzene rings is 1. The maximum atomic E-state index is 11.7. The highest BCUT2D eigenvalue weighted by atomic mass is 16.5. The van der Waals surface area contributed by atoms with Crippen LogP contribution >= 0.6 is 0 Å². The first-order chi connectivity index (χ1) is 12.1. The van der Waals surface area contributed by atoms with Gasteiger partial charge in [-0.25, -0.2) is 0 Å². The van der Waals surface area contributed by atoms with E-state index >= 15 is 0 Å². The molecular formula is C19H24N4O2. The molecule has 6 heteroatoms. The minimum absolute atomic E-state index is 0.455. The van der Waals surface area contributed by atoms with Gasteiger partial charge in [0.05, 0.1) is 30.8 Å². The largest absolute Gasteiger partial charge is 0.383 e. The summed E-state index contributed by atoms with van der Waals surface area (Å²) in [5, 5.41) is 0.948. The van der Waals surface area contributed by atoms with Crippen LogP contribution in [0.5, 0.6) is 0 Å². The number of aliphatic imine (C=N–C) groups is 1. The van der Waals surface area contributed by atoms with Crippen LogP contribution in [0.1, 0.15) is 23.7 Å².